The third-order valence-corrected chi connectivity index (χ3v) is 8.14. The van der Waals surface area contributed by atoms with Gasteiger partial charge in [-0.1, -0.05) is 35.6 Å². The van der Waals surface area contributed by atoms with Crippen molar-refractivity contribution in [2.24, 2.45) is 0 Å². The van der Waals surface area contributed by atoms with Gasteiger partial charge in [-0.15, -0.1) is 0 Å². The van der Waals surface area contributed by atoms with Gasteiger partial charge in [0.1, 0.15) is 16.0 Å². The quantitative estimate of drug-likeness (QED) is 0.251. The van der Waals surface area contributed by atoms with E-state index in [0.29, 0.717) is 26.1 Å². The molecule has 0 N–H and O–H groups in total. The minimum Gasteiger partial charge on any atom is -0.747 e. The molecule has 3 heterocycles. The number of fused-ring (bicyclic) bond motifs is 2. The van der Waals surface area contributed by atoms with Crippen molar-refractivity contribution in [1.29, 1.82) is 0 Å². The van der Waals surface area contributed by atoms with Crippen molar-refractivity contribution in [3.63, 3.8) is 0 Å². The average molecular weight is 540 g/mol. The van der Waals surface area contributed by atoms with E-state index >= 15 is 0 Å². The maximum absolute atomic E-state index is 11.5. The molecule has 3 aromatic rings. The summed E-state index contributed by atoms with van der Waals surface area (Å²) in [5, 5.41) is 1.11. The van der Waals surface area contributed by atoms with Gasteiger partial charge in [0, 0.05) is 11.0 Å². The van der Waals surface area contributed by atoms with Gasteiger partial charge in [0.25, 0.3) is 15.4 Å². The first-order chi connectivity index (χ1) is 15.9. The number of aryl methyl sites for hydroxylation is 1. The van der Waals surface area contributed by atoms with E-state index in [1.165, 1.54) is 38.8 Å². The number of anilines is 1. The van der Waals surface area contributed by atoms with E-state index in [2.05, 4.69) is 0 Å². The number of furan rings is 1. The van der Waals surface area contributed by atoms with Crippen LogP contribution in [0.3, 0.4) is 0 Å². The SMILES string of the molecule is CC(/C=C/c1sc2occc2[n+]1CS(=O)(=O)[O-])=C\C=C1\Sc2ccc(C)cc2N1CS(=O)(=O)[O-]. The normalized spacial score (nSPS) is 16.3. The van der Waals surface area contributed by atoms with Crippen LogP contribution >= 0.6 is 23.1 Å². The maximum atomic E-state index is 11.5. The van der Waals surface area contributed by atoms with Crippen LogP contribution in [0.15, 0.2) is 68.7 Å². The van der Waals surface area contributed by atoms with Crippen molar-refractivity contribution in [2.45, 2.75) is 24.6 Å². The van der Waals surface area contributed by atoms with Gasteiger partial charge >= 0.3 is 0 Å². The van der Waals surface area contributed by atoms with Gasteiger partial charge < -0.3 is 18.4 Å². The Labute approximate surface area is 205 Å². The second kappa shape index (κ2) is 9.32. The summed E-state index contributed by atoms with van der Waals surface area (Å²) in [5.74, 6) is -1.39. The fourth-order valence-electron chi connectivity index (χ4n) is 3.34. The van der Waals surface area contributed by atoms with Crippen LogP contribution in [-0.4, -0.2) is 31.8 Å². The van der Waals surface area contributed by atoms with Crippen LogP contribution in [0.1, 0.15) is 17.5 Å². The number of thiazole rings is 1. The largest absolute Gasteiger partial charge is 0.747 e. The zero-order chi connectivity index (χ0) is 24.7. The average Bonchev–Trinajstić information content (AvgIpc) is 3.38. The van der Waals surface area contributed by atoms with Gasteiger partial charge in [-0.2, -0.15) is 4.57 Å². The van der Waals surface area contributed by atoms with Crippen molar-refractivity contribution >= 4 is 65.5 Å². The first-order valence-corrected chi connectivity index (χ1v) is 14.6. The molecule has 13 heteroatoms. The number of rotatable bonds is 7. The van der Waals surface area contributed by atoms with Gasteiger partial charge in [-0.25, -0.2) is 16.8 Å². The number of nitrogens with zero attached hydrogens (tertiary/aromatic N) is 2. The zero-order valence-corrected chi connectivity index (χ0v) is 21.3. The topological polar surface area (TPSA) is 135 Å². The first-order valence-electron chi connectivity index (χ1n) is 9.79. The van der Waals surface area contributed by atoms with Crippen LogP contribution in [-0.2, 0) is 26.1 Å². The molecule has 34 heavy (non-hydrogen) atoms. The Bertz CT molecular complexity index is 1560. The summed E-state index contributed by atoms with van der Waals surface area (Å²) >= 11 is 2.57. The van der Waals surface area contributed by atoms with Gasteiger partial charge in [-0.05, 0) is 49.0 Å². The van der Waals surface area contributed by atoms with Crippen molar-refractivity contribution in [3.8, 4) is 0 Å². The monoisotopic (exact) mass is 539 g/mol. The van der Waals surface area contributed by atoms with E-state index in [-0.39, 0.29) is 0 Å². The van der Waals surface area contributed by atoms with E-state index in [1.807, 2.05) is 32.0 Å². The Morgan fingerprint density at radius 1 is 1.18 bits per heavy atom. The lowest BCUT2D eigenvalue weighted by Gasteiger charge is -2.22. The number of benzene rings is 1. The Hall–Kier alpha value is -2.42. The zero-order valence-electron chi connectivity index (χ0n) is 18.0. The van der Waals surface area contributed by atoms with Crippen LogP contribution in [0.4, 0.5) is 5.69 Å². The van der Waals surface area contributed by atoms with Gasteiger partial charge in [0.05, 0.1) is 23.0 Å². The van der Waals surface area contributed by atoms with Crippen LogP contribution in [0, 0.1) is 6.92 Å². The molecule has 0 radical (unpaired) electrons. The molecule has 2 aromatic heterocycles. The van der Waals surface area contributed by atoms with Crippen molar-refractivity contribution in [1.82, 2.24) is 0 Å². The summed E-state index contributed by atoms with van der Waals surface area (Å²) in [5.41, 5.74) is 2.89. The second-order valence-corrected chi connectivity index (χ2v) is 12.4. The Balaban J connectivity index is 1.62. The fourth-order valence-corrected chi connectivity index (χ4v) is 6.72. The van der Waals surface area contributed by atoms with Gasteiger partial charge in [-0.3, -0.25) is 0 Å². The summed E-state index contributed by atoms with van der Waals surface area (Å²) in [6, 6.07) is 7.22. The van der Waals surface area contributed by atoms with E-state index in [9.17, 15) is 25.9 Å². The summed E-state index contributed by atoms with van der Waals surface area (Å²) < 4.78 is 75.1. The molecule has 1 aromatic carbocycles. The molecule has 0 unspecified atom stereocenters. The fraction of sp³-hybridized carbons (Fsp3) is 0.190. The molecule has 0 fully saturated rings. The Morgan fingerprint density at radius 3 is 2.65 bits per heavy atom. The van der Waals surface area contributed by atoms with E-state index in [1.54, 1.807) is 30.4 Å². The Morgan fingerprint density at radius 2 is 1.94 bits per heavy atom. The molecule has 9 nitrogen and oxygen atoms in total. The molecular formula is C21H19N2O7S4-. The highest BCUT2D eigenvalue weighted by molar-refractivity contribution is 8.03. The van der Waals surface area contributed by atoms with Crippen molar-refractivity contribution < 1.29 is 34.9 Å². The second-order valence-electron chi connectivity index (χ2n) is 7.59. The van der Waals surface area contributed by atoms with Gasteiger partial charge in [0.2, 0.25) is 5.88 Å². The first kappa shape index (κ1) is 24.7. The maximum Gasteiger partial charge on any atom is 0.266 e. The lowest BCUT2D eigenvalue weighted by atomic mass is 10.2. The van der Waals surface area contributed by atoms with Crippen molar-refractivity contribution in [2.75, 3.05) is 10.8 Å². The molecule has 1 aliphatic heterocycles. The summed E-state index contributed by atoms with van der Waals surface area (Å²) in [7, 11) is -9.02. The van der Waals surface area contributed by atoms with Gasteiger partial charge in [0.15, 0.2) is 10.1 Å². The van der Waals surface area contributed by atoms with E-state index in [0.717, 1.165) is 16.0 Å². The smallest absolute Gasteiger partial charge is 0.266 e. The number of hydrogen-bond acceptors (Lipinski definition) is 10. The highest BCUT2D eigenvalue weighted by Gasteiger charge is 2.26. The molecule has 0 aliphatic carbocycles. The van der Waals surface area contributed by atoms with Crippen LogP contribution in [0.5, 0.6) is 0 Å². The third-order valence-electron chi connectivity index (χ3n) is 4.80. The Kier molecular flexibility index (Phi) is 6.77. The lowest BCUT2D eigenvalue weighted by Crippen LogP contribution is -2.38. The summed E-state index contributed by atoms with van der Waals surface area (Å²) in [6.07, 6.45) is 8.32. The number of allylic oxidation sites excluding steroid dienone is 4. The molecule has 0 amide bonds. The highest BCUT2D eigenvalue weighted by Crippen LogP contribution is 2.46. The summed E-state index contributed by atoms with van der Waals surface area (Å²) in [4.78, 5) is 2.82. The number of hydrogen-bond donors (Lipinski definition) is 0. The number of thioether (sulfide) groups is 1. The van der Waals surface area contributed by atoms with E-state index < -0.39 is 32.0 Å². The van der Waals surface area contributed by atoms with Crippen LogP contribution < -0.4 is 9.47 Å². The lowest BCUT2D eigenvalue weighted by molar-refractivity contribution is -0.649. The minimum atomic E-state index is -4.51. The molecule has 0 bridgehead atoms. The predicted octanol–water partition coefficient (Wildman–Crippen LogP) is 3.51. The minimum absolute atomic E-state index is 0.497. The number of aromatic nitrogens is 1. The standard InChI is InChI=1S/C21H20N2O7S4/c1-14(5-8-20-22(12-33(24,25)26)16-9-10-30-21(16)32-20)4-7-19-23(13-34(27,28)29)17-11-15(2)3-6-18(17)31-19/h3-11H,12-13H2,1-2H3,(H-,24,25,26,27,28,29)/p-1. The molecule has 4 rings (SSSR count). The molecule has 1 aliphatic rings. The van der Waals surface area contributed by atoms with E-state index in [4.69, 9.17) is 4.42 Å². The highest BCUT2D eigenvalue weighted by atomic mass is 32.2. The predicted molar refractivity (Wildman–Crippen MR) is 129 cm³/mol. The van der Waals surface area contributed by atoms with Crippen molar-refractivity contribution in [3.05, 3.63) is 69.9 Å². The third kappa shape index (κ3) is 5.79. The molecular weight excluding hydrogens is 521 g/mol. The molecule has 0 spiro atoms. The van der Waals surface area contributed by atoms with Crippen LogP contribution in [0.25, 0.3) is 16.5 Å². The molecule has 0 saturated carbocycles. The molecule has 180 valence electrons. The molecule has 0 atom stereocenters. The van der Waals surface area contributed by atoms with Crippen LogP contribution in [0.2, 0.25) is 0 Å². The summed E-state index contributed by atoms with van der Waals surface area (Å²) in [6.45, 7) is 3.70. The molecule has 0 saturated heterocycles.